The second kappa shape index (κ2) is 8.19. The monoisotopic (exact) mass is 368 g/mol. The smallest absolute Gasteiger partial charge is 0.161 e. The Kier molecular flexibility index (Phi) is 5.50. The van der Waals surface area contributed by atoms with Crippen LogP contribution in [0.5, 0.6) is 11.5 Å². The summed E-state index contributed by atoms with van der Waals surface area (Å²) in [4.78, 5) is 4.77. The lowest BCUT2D eigenvalue weighted by Crippen LogP contribution is -2.47. The van der Waals surface area contributed by atoms with Crippen LogP contribution in [0.25, 0.3) is 0 Å². The van der Waals surface area contributed by atoms with Crippen molar-refractivity contribution in [3.8, 4) is 11.5 Å². The molecule has 0 bridgehead atoms. The van der Waals surface area contributed by atoms with Crippen LogP contribution in [-0.2, 0) is 0 Å². The lowest BCUT2D eigenvalue weighted by Gasteiger charge is -2.37. The van der Waals surface area contributed by atoms with Crippen LogP contribution < -0.4 is 14.4 Å². The van der Waals surface area contributed by atoms with Gasteiger partial charge in [-0.3, -0.25) is 4.90 Å². The summed E-state index contributed by atoms with van der Waals surface area (Å²) >= 11 is 0. The molecule has 2 aromatic carbocycles. The van der Waals surface area contributed by atoms with Gasteiger partial charge in [0.1, 0.15) is 0 Å². The van der Waals surface area contributed by atoms with Crippen molar-refractivity contribution in [1.29, 1.82) is 0 Å². The number of aliphatic hydroxyl groups excluding tert-OH is 1. The molecule has 2 aliphatic heterocycles. The largest absolute Gasteiger partial charge is 0.490 e. The molecule has 5 nitrogen and oxygen atoms in total. The maximum atomic E-state index is 10.7. The summed E-state index contributed by atoms with van der Waals surface area (Å²) in [5.74, 6) is 1.52. The number of ether oxygens (including phenoxy) is 2. The van der Waals surface area contributed by atoms with Crippen LogP contribution in [0.15, 0.2) is 42.5 Å². The van der Waals surface area contributed by atoms with Crippen molar-refractivity contribution in [3.05, 3.63) is 53.6 Å². The molecule has 1 atom stereocenters. The Morgan fingerprint density at radius 1 is 0.963 bits per heavy atom. The van der Waals surface area contributed by atoms with Crippen molar-refractivity contribution < 1.29 is 14.6 Å². The third kappa shape index (κ3) is 4.20. The Hall–Kier alpha value is -2.24. The van der Waals surface area contributed by atoms with Gasteiger partial charge in [0.05, 0.1) is 19.3 Å². The molecule has 2 heterocycles. The van der Waals surface area contributed by atoms with E-state index in [1.54, 1.807) is 0 Å². The van der Waals surface area contributed by atoms with Gasteiger partial charge in [0.15, 0.2) is 11.5 Å². The van der Waals surface area contributed by atoms with Crippen molar-refractivity contribution in [2.24, 2.45) is 0 Å². The maximum absolute atomic E-state index is 10.7. The van der Waals surface area contributed by atoms with Crippen LogP contribution in [0.4, 0.5) is 5.69 Å². The molecule has 5 heteroatoms. The molecule has 1 unspecified atom stereocenters. The molecule has 4 rings (SSSR count). The Labute approximate surface area is 161 Å². The third-order valence-corrected chi connectivity index (χ3v) is 5.42. The number of para-hydroxylation sites is 1. The van der Waals surface area contributed by atoms with E-state index in [1.807, 2.05) is 18.2 Å². The van der Waals surface area contributed by atoms with E-state index in [2.05, 4.69) is 41.0 Å². The van der Waals surface area contributed by atoms with Crippen LogP contribution in [0, 0.1) is 6.92 Å². The van der Waals surface area contributed by atoms with Crippen LogP contribution in [0.3, 0.4) is 0 Å². The van der Waals surface area contributed by atoms with Gasteiger partial charge in [-0.25, -0.2) is 0 Å². The molecule has 2 aliphatic rings. The molecule has 0 amide bonds. The van der Waals surface area contributed by atoms with E-state index in [-0.39, 0.29) is 0 Å². The summed E-state index contributed by atoms with van der Waals surface area (Å²) in [6.45, 7) is 8.02. The highest BCUT2D eigenvalue weighted by Crippen LogP contribution is 2.32. The van der Waals surface area contributed by atoms with Gasteiger partial charge in [-0.15, -0.1) is 0 Å². The van der Waals surface area contributed by atoms with E-state index in [1.165, 1.54) is 11.3 Å². The van der Waals surface area contributed by atoms with Crippen LogP contribution in [0.2, 0.25) is 0 Å². The first-order valence-corrected chi connectivity index (χ1v) is 9.81. The molecule has 0 saturated carbocycles. The van der Waals surface area contributed by atoms with Gasteiger partial charge in [0.2, 0.25) is 0 Å². The fourth-order valence-corrected chi connectivity index (χ4v) is 3.83. The summed E-state index contributed by atoms with van der Waals surface area (Å²) in [5.41, 5.74) is 3.53. The number of nitrogens with zero attached hydrogens (tertiary/aromatic N) is 2. The molecule has 2 aromatic rings. The molecule has 0 spiro atoms. The van der Waals surface area contributed by atoms with E-state index in [0.717, 1.165) is 49.7 Å². The number of β-amino-alcohol motifs (C(OH)–C–C–N with tert-alkyl or cyclic N) is 1. The zero-order valence-corrected chi connectivity index (χ0v) is 15.9. The lowest BCUT2D eigenvalue weighted by atomic mass is 10.1. The summed E-state index contributed by atoms with van der Waals surface area (Å²) in [7, 11) is 0. The predicted molar refractivity (Wildman–Crippen MR) is 107 cm³/mol. The van der Waals surface area contributed by atoms with Crippen molar-refractivity contribution >= 4 is 5.69 Å². The molecule has 27 heavy (non-hydrogen) atoms. The second-order valence-corrected chi connectivity index (χ2v) is 7.35. The fourth-order valence-electron chi connectivity index (χ4n) is 3.83. The normalized spacial score (nSPS) is 18.8. The SMILES string of the molecule is Cc1ccccc1N1CCN(CC(O)c2ccc3c(c2)OCCCO3)CC1. The van der Waals surface area contributed by atoms with Gasteiger partial charge in [0, 0.05) is 44.8 Å². The second-order valence-electron chi connectivity index (χ2n) is 7.35. The highest BCUT2D eigenvalue weighted by Gasteiger charge is 2.22. The van der Waals surface area contributed by atoms with E-state index in [0.29, 0.717) is 19.8 Å². The molecule has 1 saturated heterocycles. The Bertz CT molecular complexity index is 772. The Morgan fingerprint density at radius 2 is 1.70 bits per heavy atom. The topological polar surface area (TPSA) is 45.2 Å². The molecule has 1 N–H and O–H groups in total. The number of hydrogen-bond donors (Lipinski definition) is 1. The minimum atomic E-state index is -0.521. The number of rotatable bonds is 4. The quantitative estimate of drug-likeness (QED) is 0.899. The minimum absolute atomic E-state index is 0.521. The summed E-state index contributed by atoms with van der Waals surface area (Å²) < 4.78 is 11.4. The first-order chi connectivity index (χ1) is 13.2. The van der Waals surface area contributed by atoms with Gasteiger partial charge in [-0.05, 0) is 36.2 Å². The standard InChI is InChI=1S/C22H28N2O3/c1-17-5-2-3-6-19(17)24-11-9-23(10-12-24)16-20(25)18-7-8-21-22(15-18)27-14-4-13-26-21/h2-3,5-8,15,20,25H,4,9-14,16H2,1H3. The van der Waals surface area contributed by atoms with Crippen molar-refractivity contribution in [2.75, 3.05) is 50.8 Å². The predicted octanol–water partition coefficient (Wildman–Crippen LogP) is 3.01. The van der Waals surface area contributed by atoms with Crippen LogP contribution in [0.1, 0.15) is 23.7 Å². The van der Waals surface area contributed by atoms with Crippen molar-refractivity contribution in [2.45, 2.75) is 19.4 Å². The molecule has 0 aliphatic carbocycles. The van der Waals surface area contributed by atoms with Crippen molar-refractivity contribution in [1.82, 2.24) is 4.90 Å². The van der Waals surface area contributed by atoms with Crippen LogP contribution in [-0.4, -0.2) is 55.9 Å². The number of aliphatic hydroxyl groups is 1. The number of anilines is 1. The zero-order valence-electron chi connectivity index (χ0n) is 15.9. The van der Waals surface area contributed by atoms with Crippen molar-refractivity contribution in [3.63, 3.8) is 0 Å². The number of aryl methyl sites for hydroxylation is 1. The lowest BCUT2D eigenvalue weighted by molar-refractivity contribution is 0.109. The number of hydrogen-bond acceptors (Lipinski definition) is 5. The molecule has 0 aromatic heterocycles. The van der Waals surface area contributed by atoms with E-state index >= 15 is 0 Å². The highest BCUT2D eigenvalue weighted by molar-refractivity contribution is 5.53. The Balaban J connectivity index is 1.35. The van der Waals surface area contributed by atoms with E-state index in [4.69, 9.17) is 9.47 Å². The van der Waals surface area contributed by atoms with Crippen LogP contribution >= 0.6 is 0 Å². The first-order valence-electron chi connectivity index (χ1n) is 9.81. The van der Waals surface area contributed by atoms with Gasteiger partial charge in [0.25, 0.3) is 0 Å². The van der Waals surface area contributed by atoms with Gasteiger partial charge in [-0.1, -0.05) is 24.3 Å². The highest BCUT2D eigenvalue weighted by atomic mass is 16.5. The average molecular weight is 368 g/mol. The minimum Gasteiger partial charge on any atom is -0.490 e. The summed E-state index contributed by atoms with van der Waals surface area (Å²) in [6.07, 6.45) is 0.365. The average Bonchev–Trinajstić information content (AvgIpc) is 2.94. The van der Waals surface area contributed by atoms with Gasteiger partial charge >= 0.3 is 0 Å². The van der Waals surface area contributed by atoms with Gasteiger partial charge in [-0.2, -0.15) is 0 Å². The molecular weight excluding hydrogens is 340 g/mol. The first kappa shape index (κ1) is 18.1. The zero-order chi connectivity index (χ0) is 18.6. The molecule has 144 valence electrons. The van der Waals surface area contributed by atoms with E-state index in [9.17, 15) is 5.11 Å². The number of fused-ring (bicyclic) bond motifs is 1. The number of piperazine rings is 1. The number of benzene rings is 2. The summed E-state index contributed by atoms with van der Waals surface area (Å²) in [5, 5.41) is 10.7. The van der Waals surface area contributed by atoms with E-state index < -0.39 is 6.10 Å². The van der Waals surface area contributed by atoms with Gasteiger partial charge < -0.3 is 19.5 Å². The molecule has 0 radical (unpaired) electrons. The molecule has 1 fully saturated rings. The Morgan fingerprint density at radius 3 is 2.48 bits per heavy atom. The molecular formula is C22H28N2O3. The third-order valence-electron chi connectivity index (χ3n) is 5.42. The summed E-state index contributed by atoms with van der Waals surface area (Å²) in [6, 6.07) is 14.3. The maximum Gasteiger partial charge on any atom is 0.161 e. The fraction of sp³-hybridized carbons (Fsp3) is 0.455.